The molecule has 53 heteroatoms. The summed E-state index contributed by atoms with van der Waals surface area (Å²) in [7, 11) is 0. The Bertz CT molecular complexity index is 3940. The number of aliphatic hydroxyl groups excluding tert-OH is 23. The Labute approximate surface area is 864 Å². The molecule has 7 rings (SSSR count). The van der Waals surface area contributed by atoms with Gasteiger partial charge in [0.2, 0.25) is 29.5 Å². The van der Waals surface area contributed by atoms with E-state index in [2.05, 4.69) is 47.4 Å². The Kier molecular flexibility index (Phi) is 55.6. The number of unbranched alkanes of at least 4 members (excludes halogenated alkanes) is 22. The van der Waals surface area contributed by atoms with Crippen LogP contribution < -0.4 is 26.6 Å². The number of rotatable bonds is 67. The fraction of sp³-hybridized carbons (Fsp3) is 0.917. The molecule has 1 unspecified atom stereocenters. The molecule has 149 heavy (non-hydrogen) atoms. The average molecular weight is 2160 g/mol. The molecule has 0 bridgehead atoms. The third-order valence-corrected chi connectivity index (χ3v) is 28.6. The number of carbonyl (C=O) groups excluding carboxylic acids is 5. The predicted octanol–water partition coefficient (Wildman–Crippen LogP) is -7.25. The van der Waals surface area contributed by atoms with Gasteiger partial charge in [0.1, 0.15) is 159 Å². The number of aliphatic hydroxyl groups is 23. The van der Waals surface area contributed by atoms with Crippen LogP contribution in [0.1, 0.15) is 248 Å². The maximum absolute atomic E-state index is 14.3. The first-order valence-electron chi connectivity index (χ1n) is 52.2. The fourth-order valence-electron chi connectivity index (χ4n) is 19.9. The normalized spacial score (nSPS) is 35.6. The van der Waals surface area contributed by atoms with Gasteiger partial charge in [-0.3, -0.25) is 24.0 Å². The standard InChI is InChI=1S/C96H169N5O48/c1-8-10-11-12-13-14-15-16-17-18-19-23-26-29-32-35-64(119)101-52(69(120)53(113)34-31-28-25-22-20-21-24-27-30-33-47(3)9-2)46-136-88-76(127)75(126)79(62(44-107)140-88)142-90-77(128)85(74(125)61(43-106)139-90)143-87-68(100-51(7)112)84(73(124)59(41-104)137-87)148-95(92(132)133)37-56(116)67(99-50(6)111)83(147-95)72(123)60(42-105)138-89-78(129)86(149-96(93(134)135)38-55(115)66(98-49(5)110)82(146-96)71(122)58(118)40-103)80(63(45-108)141-89)144-94(91(130)131)36-54(114)65(97-48(4)109)81(145-94)70(121)57(117)39-102/h47,52-63,65-90,102-108,113-118,120-129H,8-46H2,1-7H3,(H,97,109)(H,98,110)(H,99,111)(H,100,112)(H,101,119)(H,130,131)(H,132,133)(H,134,135)/t47?,52-,53+,54-,55-,56-,57+,58+,59+,60+,61+,62+,63+,65+,66+,67+,68+,69-,70+,71+,72+,73-,74-,75+,76+,77+,78+,79+,80-,81+,82+,83+,84+,85-,86+,87-,88+,89+,90-,94+,95-,96-/m0/s1. The molecule has 7 heterocycles. The zero-order valence-corrected chi connectivity index (χ0v) is 85.7. The highest BCUT2D eigenvalue weighted by atomic mass is 16.8. The van der Waals surface area contributed by atoms with Gasteiger partial charge in [0, 0.05) is 53.4 Å². The van der Waals surface area contributed by atoms with Crippen LogP contribution in [0.3, 0.4) is 0 Å². The third kappa shape index (κ3) is 36.4. The molecule has 31 N–H and O–H groups in total. The van der Waals surface area contributed by atoms with Gasteiger partial charge in [0.25, 0.3) is 17.4 Å². The van der Waals surface area contributed by atoms with E-state index in [1.54, 1.807) is 0 Å². The van der Waals surface area contributed by atoms with Crippen molar-refractivity contribution in [2.24, 2.45) is 5.92 Å². The second-order valence-electron chi connectivity index (χ2n) is 40.3. The second kappa shape index (κ2) is 63.6. The molecule has 7 aliphatic rings. The van der Waals surface area contributed by atoms with Crippen LogP contribution in [0.5, 0.6) is 0 Å². The van der Waals surface area contributed by atoms with E-state index in [1.165, 1.54) is 70.6 Å². The highest BCUT2D eigenvalue weighted by Gasteiger charge is 2.67. The summed E-state index contributed by atoms with van der Waals surface area (Å²) in [5, 5.41) is 309. The maximum atomic E-state index is 14.3. The number of nitrogens with one attached hydrogen (secondary N) is 5. The van der Waals surface area contributed by atoms with Crippen molar-refractivity contribution in [1.82, 2.24) is 26.6 Å². The predicted molar refractivity (Wildman–Crippen MR) is 507 cm³/mol. The zero-order chi connectivity index (χ0) is 111. The summed E-state index contributed by atoms with van der Waals surface area (Å²) >= 11 is 0. The van der Waals surface area contributed by atoms with E-state index in [-0.39, 0.29) is 12.8 Å². The van der Waals surface area contributed by atoms with Crippen LogP contribution in [0, 0.1) is 5.92 Å². The summed E-state index contributed by atoms with van der Waals surface area (Å²) in [6.07, 6.45) is -53.8. The molecule has 866 valence electrons. The number of hydrogen-bond donors (Lipinski definition) is 31. The monoisotopic (exact) mass is 2160 g/mol. The van der Waals surface area contributed by atoms with E-state index in [9.17, 15) is 171 Å². The van der Waals surface area contributed by atoms with E-state index >= 15 is 0 Å². The molecule has 0 aliphatic carbocycles. The van der Waals surface area contributed by atoms with Gasteiger partial charge < -0.3 is 226 Å². The van der Waals surface area contributed by atoms with Gasteiger partial charge in [0.05, 0.1) is 101 Å². The molecular weight excluding hydrogens is 1990 g/mol. The van der Waals surface area contributed by atoms with E-state index in [0.717, 1.165) is 111 Å². The average Bonchev–Trinajstić information content (AvgIpc) is 0.741. The maximum Gasteiger partial charge on any atom is 0.364 e. The van der Waals surface area contributed by atoms with E-state index in [0.29, 0.717) is 18.8 Å². The topological polar surface area (TPSA) is 852 Å². The Hall–Kier alpha value is -5.72. The van der Waals surface area contributed by atoms with Crippen LogP contribution in [0.2, 0.25) is 0 Å². The molecule has 42 atom stereocenters. The fourth-order valence-corrected chi connectivity index (χ4v) is 19.9. The number of ether oxygens (including phenoxy) is 14. The first-order valence-corrected chi connectivity index (χ1v) is 52.2. The molecule has 0 aromatic carbocycles. The van der Waals surface area contributed by atoms with Crippen molar-refractivity contribution in [2.75, 3.05) is 52.9 Å². The number of hydrogen-bond acceptors (Lipinski definition) is 45. The molecule has 7 aliphatic heterocycles. The van der Waals surface area contributed by atoms with Gasteiger partial charge in [-0.25, -0.2) is 14.4 Å². The van der Waals surface area contributed by atoms with Gasteiger partial charge in [-0.15, -0.1) is 0 Å². The summed E-state index contributed by atoms with van der Waals surface area (Å²) in [4.78, 5) is 108. The van der Waals surface area contributed by atoms with Crippen molar-refractivity contribution in [3.05, 3.63) is 0 Å². The molecule has 0 radical (unpaired) electrons. The molecule has 7 fully saturated rings. The smallest absolute Gasteiger partial charge is 0.364 e. The van der Waals surface area contributed by atoms with Crippen molar-refractivity contribution in [1.29, 1.82) is 0 Å². The van der Waals surface area contributed by atoms with Gasteiger partial charge in [-0.05, 0) is 18.8 Å². The summed E-state index contributed by atoms with van der Waals surface area (Å²) < 4.78 is 83.7. The van der Waals surface area contributed by atoms with Crippen molar-refractivity contribution in [3.63, 3.8) is 0 Å². The lowest BCUT2D eigenvalue weighted by Crippen LogP contribution is -2.73. The van der Waals surface area contributed by atoms with Crippen LogP contribution in [-0.2, 0) is 105 Å². The van der Waals surface area contributed by atoms with E-state index in [4.69, 9.17) is 66.3 Å². The van der Waals surface area contributed by atoms with Crippen LogP contribution in [0.15, 0.2) is 0 Å². The Morgan fingerprint density at radius 3 is 1.13 bits per heavy atom. The lowest BCUT2D eigenvalue weighted by atomic mass is 9.87. The molecule has 53 nitrogen and oxygen atoms in total. The molecule has 0 aromatic rings. The van der Waals surface area contributed by atoms with Crippen LogP contribution >= 0.6 is 0 Å². The third-order valence-electron chi connectivity index (χ3n) is 28.6. The van der Waals surface area contributed by atoms with E-state index < -0.39 is 369 Å². The number of amides is 5. The van der Waals surface area contributed by atoms with Gasteiger partial charge >= 0.3 is 17.9 Å². The summed E-state index contributed by atoms with van der Waals surface area (Å²) in [6, 6.07) is -9.64. The van der Waals surface area contributed by atoms with Gasteiger partial charge in [-0.1, -0.05) is 181 Å². The highest BCUT2D eigenvalue weighted by Crippen LogP contribution is 2.46. The SMILES string of the molecule is CCCCCCCCCCCCCCCCCC(=O)N[C@@H](CO[C@@H]1O[C@H](CO)[C@@H](O[C@@H]2O[C@H](CO)[C@H](O)[C@H](O[C@@H]3O[C@H](CO)[C@H](O)[C@H](O[C@]4(C(=O)O)C[C@H](O)[C@@H](NC(C)=O)[C@H]([C@H](O)[C@@H](CO)O[C@@H]5O[C@H](CO)[C@H](O[C@]6(C(=O)O)C[C@H](O)[C@@H](NC(C)=O)[C@H]([C@H](O)[C@H](O)CO)O6)[C@H](O[C@]6(C(=O)O)C[C@H](O)[C@@H](NC(C)=O)[C@H]([C@H](O)[C@H](O)CO)O6)[C@H]5O)O4)[C@H]3NC(C)=O)[C@H]2O)[C@H](O)[C@H]1O)[C@H](O)[C@H](O)CCCCCCCCCCCC(C)CC. The minimum Gasteiger partial charge on any atom is -0.477 e. The van der Waals surface area contributed by atoms with Gasteiger partial charge in [0.15, 0.2) is 25.2 Å². The van der Waals surface area contributed by atoms with Crippen LogP contribution in [0.4, 0.5) is 0 Å². The Morgan fingerprint density at radius 2 is 0.718 bits per heavy atom. The van der Waals surface area contributed by atoms with Gasteiger partial charge in [-0.2, -0.15) is 0 Å². The highest BCUT2D eigenvalue weighted by molar-refractivity contribution is 5.79. The van der Waals surface area contributed by atoms with Crippen LogP contribution in [0.25, 0.3) is 0 Å². The molecule has 0 aromatic heterocycles. The van der Waals surface area contributed by atoms with Crippen molar-refractivity contribution in [2.45, 2.75) is 497 Å². The number of aliphatic carboxylic acids is 3. The Balaban J connectivity index is 1.14. The number of carbonyl (C=O) groups is 8. The minimum absolute atomic E-state index is 0.0437. The van der Waals surface area contributed by atoms with Crippen molar-refractivity contribution >= 4 is 47.4 Å². The number of carboxylic acid groups (broad SMARTS) is 3. The summed E-state index contributed by atoms with van der Waals surface area (Å²) in [6.45, 7) is -0.0667. The second-order valence-corrected chi connectivity index (χ2v) is 40.3. The molecular formula is C96H169N5O48. The van der Waals surface area contributed by atoms with Crippen molar-refractivity contribution in [3.8, 4) is 0 Å². The Morgan fingerprint density at radius 1 is 0.362 bits per heavy atom. The zero-order valence-electron chi connectivity index (χ0n) is 85.7. The lowest BCUT2D eigenvalue weighted by molar-refractivity contribution is -0.404. The molecule has 0 spiro atoms. The first kappa shape index (κ1) is 130. The lowest BCUT2D eigenvalue weighted by Gasteiger charge is -2.53. The molecule has 5 amide bonds. The first-order chi connectivity index (χ1) is 70.7. The summed E-state index contributed by atoms with van der Waals surface area (Å²) in [5.74, 6) is -22.0. The molecule has 0 saturated carbocycles. The minimum atomic E-state index is -3.68. The largest absolute Gasteiger partial charge is 0.477 e. The summed E-state index contributed by atoms with van der Waals surface area (Å²) in [5.41, 5.74) is 0. The molecule has 7 saturated heterocycles. The van der Waals surface area contributed by atoms with E-state index in [1.807, 2.05) is 0 Å². The van der Waals surface area contributed by atoms with Crippen molar-refractivity contribution < 1.29 is 237 Å². The van der Waals surface area contributed by atoms with Crippen LogP contribution in [-0.4, -0.2) is 483 Å². The quantitative estimate of drug-likeness (QED) is 0.0252. The number of carboxylic acids is 3.